The van der Waals surface area contributed by atoms with Crippen molar-refractivity contribution in [2.45, 2.75) is 95.7 Å². The second kappa shape index (κ2) is 17.6. The Hall–Kier alpha value is -0.542. The van der Waals surface area contributed by atoms with Crippen LogP contribution >= 0.6 is 0 Å². The lowest BCUT2D eigenvalue weighted by Gasteiger charge is -2.49. The summed E-state index contributed by atoms with van der Waals surface area (Å²) >= 11 is 0. The summed E-state index contributed by atoms with van der Waals surface area (Å²) in [5.74, 6) is 0. The van der Waals surface area contributed by atoms with Crippen molar-refractivity contribution in [2.24, 2.45) is 0 Å². The lowest BCUT2D eigenvalue weighted by atomic mass is 10.4. The van der Waals surface area contributed by atoms with E-state index in [1.807, 2.05) is 28.5 Å². The molecule has 1 rings (SSSR count). The maximum atomic E-state index is 7.23. The van der Waals surface area contributed by atoms with Gasteiger partial charge < -0.3 is 25.3 Å². The Morgan fingerprint density at radius 1 is 0.523 bits per heavy atom. The van der Waals surface area contributed by atoms with Crippen LogP contribution in [-0.2, 0) is 25.3 Å². The summed E-state index contributed by atoms with van der Waals surface area (Å²) in [6.45, 7) is 44.5. The van der Waals surface area contributed by atoms with E-state index in [4.69, 9.17) is 25.3 Å². The molecule has 1 heterocycles. The predicted octanol–water partition coefficient (Wildman–Crippen LogP) is 9.25. The van der Waals surface area contributed by atoms with E-state index in [2.05, 4.69) is 103 Å². The zero-order valence-electron chi connectivity index (χ0n) is 29.0. The fraction of sp³-hybridized carbons (Fsp3) is 0.548. The lowest BCUT2D eigenvalue weighted by molar-refractivity contribution is 0.221. The normalized spacial score (nSPS) is 28.2. The molecule has 13 heteroatoms. The first kappa shape index (κ1) is 41.5. The molecule has 0 aliphatic carbocycles. The molecular weight excluding hydrogens is 665 g/mol. The summed E-state index contributed by atoms with van der Waals surface area (Å²) in [7, 11) is -16.8. The minimum Gasteiger partial charge on any atom is -0.416 e. The quantitative estimate of drug-likeness (QED) is 0.0819. The molecule has 1 aliphatic rings. The van der Waals surface area contributed by atoms with Gasteiger partial charge in [0.2, 0.25) is 16.6 Å². The summed E-state index contributed by atoms with van der Waals surface area (Å²) < 4.78 is 41.0. The second-order valence-corrected chi connectivity index (χ2v) is 38.5. The van der Waals surface area contributed by atoms with Crippen LogP contribution in [0.25, 0.3) is 0 Å². The molecule has 1 fully saturated rings. The van der Waals surface area contributed by atoms with Gasteiger partial charge in [0.15, 0.2) is 0 Å². The Morgan fingerprint density at radius 3 is 1.23 bits per heavy atom. The summed E-state index contributed by atoms with van der Waals surface area (Å²) in [6.07, 6.45) is 3.75. The van der Waals surface area contributed by atoms with Gasteiger partial charge in [0, 0.05) is 13.2 Å². The standard InChI is InChI=1S/C31H62O6Si7/c1-15-38(8,16-2)28-22-23-29-42(12)34-41(11,21-7)35-43(13,30-24-26-32-39(9,17-3)18-4)37-44(14,36-42)31-25-27-33-40(10,19-5)20-6/h15-21H,1-7,22-31H2,8-14H3. The predicted molar refractivity (Wildman–Crippen MR) is 207 cm³/mol. The molecular formula is C31H62O6Si7. The average Bonchev–Trinajstić information content (AvgIpc) is 2.98. The van der Waals surface area contributed by atoms with E-state index in [1.165, 1.54) is 0 Å². The molecule has 0 saturated carbocycles. The molecule has 0 aromatic carbocycles. The molecule has 6 nitrogen and oxygen atoms in total. The van der Waals surface area contributed by atoms with Gasteiger partial charge in [0.05, 0.1) is 8.07 Å². The number of unbranched alkanes of at least 4 members (excludes halogenated alkanes) is 1. The first-order valence-corrected chi connectivity index (χ1v) is 33.9. The highest BCUT2D eigenvalue weighted by Gasteiger charge is 2.55. The molecule has 4 atom stereocenters. The van der Waals surface area contributed by atoms with Gasteiger partial charge in [0.1, 0.15) is 0 Å². The smallest absolute Gasteiger partial charge is 0.343 e. The van der Waals surface area contributed by atoms with Gasteiger partial charge in [-0.25, -0.2) is 0 Å². The van der Waals surface area contributed by atoms with Crippen molar-refractivity contribution in [2.75, 3.05) is 13.2 Å². The van der Waals surface area contributed by atoms with E-state index in [9.17, 15) is 0 Å². The Kier molecular flexibility index (Phi) is 16.6. The third kappa shape index (κ3) is 13.3. The van der Waals surface area contributed by atoms with Gasteiger partial charge in [-0.1, -0.05) is 65.3 Å². The molecule has 0 aromatic rings. The minimum atomic E-state index is -2.79. The van der Waals surface area contributed by atoms with Gasteiger partial charge >= 0.3 is 34.2 Å². The molecule has 0 bridgehead atoms. The van der Waals surface area contributed by atoms with E-state index in [-0.39, 0.29) is 0 Å². The summed E-state index contributed by atoms with van der Waals surface area (Å²) in [5.41, 5.74) is 13.8. The number of hydrogen-bond acceptors (Lipinski definition) is 6. The molecule has 1 saturated heterocycles. The fourth-order valence-corrected chi connectivity index (χ4v) is 30.7. The molecule has 0 spiro atoms. The first-order valence-electron chi connectivity index (χ1n) is 15.9. The third-order valence-electron chi connectivity index (χ3n) is 8.60. The topological polar surface area (TPSA) is 55.4 Å². The average molecular weight is 727 g/mol. The molecule has 0 N–H and O–H groups in total. The van der Waals surface area contributed by atoms with E-state index >= 15 is 0 Å². The van der Waals surface area contributed by atoms with Crippen LogP contribution in [0.2, 0.25) is 70.0 Å². The van der Waals surface area contributed by atoms with Crippen molar-refractivity contribution in [1.29, 1.82) is 0 Å². The zero-order valence-corrected chi connectivity index (χ0v) is 36.0. The monoisotopic (exact) mass is 726 g/mol. The first-order chi connectivity index (χ1) is 20.4. The van der Waals surface area contributed by atoms with Crippen LogP contribution in [0.15, 0.2) is 85.9 Å². The molecule has 0 aromatic heterocycles. The van der Waals surface area contributed by atoms with Crippen molar-refractivity contribution in [3.8, 4) is 0 Å². The second-order valence-electron chi connectivity index (χ2n) is 13.2. The molecule has 4 unspecified atom stereocenters. The minimum absolute atomic E-state index is 0.604. The van der Waals surface area contributed by atoms with E-state index in [1.54, 1.807) is 0 Å². The van der Waals surface area contributed by atoms with Crippen LogP contribution < -0.4 is 0 Å². The van der Waals surface area contributed by atoms with Crippen molar-refractivity contribution < 1.29 is 25.3 Å². The van der Waals surface area contributed by atoms with Crippen LogP contribution in [0.1, 0.15) is 25.7 Å². The molecule has 0 radical (unpaired) electrons. The SMILES string of the molecule is C=C[Si](C)(C=C)CCCC[Si]1(C)O[Si](C)(C=C)O[Si](C)(CCCO[Si](C)(C=C)C=C)O[Si](C)(CCCO[Si](C)(C=C)C=C)O1. The Balaban J connectivity index is 3.24. The summed E-state index contributed by atoms with van der Waals surface area (Å²) in [6, 6.07) is 3.57. The molecule has 250 valence electrons. The van der Waals surface area contributed by atoms with E-state index in [0.29, 0.717) is 13.2 Å². The van der Waals surface area contributed by atoms with Crippen LogP contribution in [0.3, 0.4) is 0 Å². The largest absolute Gasteiger partial charge is 0.416 e. The van der Waals surface area contributed by atoms with E-state index in [0.717, 1.165) is 49.9 Å². The van der Waals surface area contributed by atoms with Crippen LogP contribution in [0, 0.1) is 0 Å². The van der Waals surface area contributed by atoms with Crippen LogP contribution in [0.5, 0.6) is 0 Å². The van der Waals surface area contributed by atoms with Crippen LogP contribution in [0.4, 0.5) is 0 Å². The van der Waals surface area contributed by atoms with Crippen molar-refractivity contribution >= 4 is 59.0 Å². The van der Waals surface area contributed by atoms with Crippen molar-refractivity contribution in [3.63, 3.8) is 0 Å². The van der Waals surface area contributed by atoms with Gasteiger partial charge in [-0.15, -0.1) is 46.1 Å². The fourth-order valence-electron chi connectivity index (χ4n) is 5.26. The van der Waals surface area contributed by atoms with Gasteiger partial charge in [-0.05, 0) is 70.3 Å². The summed E-state index contributed by atoms with van der Waals surface area (Å²) in [4.78, 5) is 0. The maximum Gasteiger partial charge on any atom is 0.343 e. The Labute approximate surface area is 277 Å². The maximum absolute atomic E-state index is 7.23. The van der Waals surface area contributed by atoms with Crippen molar-refractivity contribution in [1.82, 2.24) is 0 Å². The van der Waals surface area contributed by atoms with Gasteiger partial charge in [0.25, 0.3) is 0 Å². The highest BCUT2D eigenvalue weighted by molar-refractivity contribution is 6.95. The number of rotatable bonds is 22. The molecule has 0 amide bonds. The number of hydrogen-bond donors (Lipinski definition) is 0. The highest BCUT2D eigenvalue weighted by Crippen LogP contribution is 2.38. The highest BCUT2D eigenvalue weighted by atomic mass is 28.5. The van der Waals surface area contributed by atoms with Gasteiger partial charge in [-0.3, -0.25) is 0 Å². The van der Waals surface area contributed by atoms with Crippen LogP contribution in [-0.4, -0.2) is 72.2 Å². The lowest BCUT2D eigenvalue weighted by Crippen LogP contribution is -2.67. The van der Waals surface area contributed by atoms with Crippen molar-refractivity contribution in [3.05, 3.63) is 85.9 Å². The molecule has 44 heavy (non-hydrogen) atoms. The Bertz CT molecular complexity index is 947. The Morgan fingerprint density at radius 2 is 0.886 bits per heavy atom. The molecule has 1 aliphatic heterocycles. The zero-order chi connectivity index (χ0) is 33.8. The van der Waals surface area contributed by atoms with E-state index < -0.39 is 59.0 Å². The summed E-state index contributed by atoms with van der Waals surface area (Å²) in [5, 5.41) is 0. The van der Waals surface area contributed by atoms with Gasteiger partial charge in [-0.2, -0.15) is 0 Å². The third-order valence-corrected chi connectivity index (χ3v) is 34.9.